The van der Waals surface area contributed by atoms with Gasteiger partial charge in [-0.2, -0.15) is 0 Å². The lowest BCUT2D eigenvalue weighted by atomic mass is 10.1. The first-order valence-electron chi connectivity index (χ1n) is 12.3. The van der Waals surface area contributed by atoms with E-state index in [0.717, 1.165) is 43.6 Å². The maximum atomic E-state index is 11.1. The summed E-state index contributed by atoms with van der Waals surface area (Å²) in [7, 11) is 1.45. The van der Waals surface area contributed by atoms with Crippen LogP contribution in [0, 0.1) is 0 Å². The van der Waals surface area contributed by atoms with E-state index in [9.17, 15) is 4.79 Å². The Kier molecular flexibility index (Phi) is 16.4. The Balaban J connectivity index is 2.36. The van der Waals surface area contributed by atoms with E-state index in [1.807, 2.05) is 31.2 Å². The number of benzene rings is 1. The average molecular weight is 433 g/mol. The lowest BCUT2D eigenvalue weighted by molar-refractivity contribution is -0.140. The van der Waals surface area contributed by atoms with Crippen molar-refractivity contribution in [2.45, 2.75) is 103 Å². The van der Waals surface area contributed by atoms with Gasteiger partial charge in [-0.05, 0) is 51.2 Å². The zero-order chi connectivity index (χ0) is 22.6. The van der Waals surface area contributed by atoms with E-state index in [2.05, 4.69) is 23.8 Å². The van der Waals surface area contributed by atoms with Gasteiger partial charge >= 0.3 is 5.97 Å². The summed E-state index contributed by atoms with van der Waals surface area (Å²) in [5, 5.41) is 0. The Hall–Kier alpha value is -1.97. The van der Waals surface area contributed by atoms with Gasteiger partial charge in [-0.15, -0.1) is 0 Å². The predicted octanol–water partition coefficient (Wildman–Crippen LogP) is 7.65. The summed E-state index contributed by atoms with van der Waals surface area (Å²) in [6.07, 6.45) is 19.1. The number of allylic oxidation sites excluding steroid dienone is 1. The normalized spacial score (nSPS) is 12.1. The van der Waals surface area contributed by atoms with Crippen LogP contribution in [-0.2, 0) is 9.53 Å². The molecule has 0 bridgehead atoms. The summed E-state index contributed by atoms with van der Waals surface area (Å²) in [4.78, 5) is 11.1. The van der Waals surface area contributed by atoms with Gasteiger partial charge < -0.3 is 14.2 Å². The van der Waals surface area contributed by atoms with Crippen LogP contribution in [0.3, 0.4) is 0 Å². The SMILES string of the molecule is CCCCCCC(C/C=C\CCCCCCCC(=O)OC)Oc1ccccc1OCC. The molecule has 4 nitrogen and oxygen atoms in total. The van der Waals surface area contributed by atoms with Crippen LogP contribution in [0.25, 0.3) is 0 Å². The van der Waals surface area contributed by atoms with Crippen molar-refractivity contribution in [2.24, 2.45) is 0 Å². The van der Waals surface area contributed by atoms with Crippen LogP contribution < -0.4 is 9.47 Å². The maximum Gasteiger partial charge on any atom is 0.305 e. The number of ether oxygens (including phenoxy) is 3. The van der Waals surface area contributed by atoms with Crippen molar-refractivity contribution >= 4 is 5.97 Å². The van der Waals surface area contributed by atoms with E-state index >= 15 is 0 Å². The van der Waals surface area contributed by atoms with Gasteiger partial charge in [0.05, 0.1) is 13.7 Å². The Bertz CT molecular complexity index is 597. The molecule has 0 N–H and O–H groups in total. The molecule has 31 heavy (non-hydrogen) atoms. The average Bonchev–Trinajstić information content (AvgIpc) is 2.78. The first-order chi connectivity index (χ1) is 15.2. The largest absolute Gasteiger partial charge is 0.490 e. The molecule has 0 fully saturated rings. The van der Waals surface area contributed by atoms with Crippen LogP contribution in [0.1, 0.15) is 97.3 Å². The molecule has 1 rings (SSSR count). The number of rotatable bonds is 19. The molecule has 1 atom stereocenters. The number of hydrogen-bond donors (Lipinski definition) is 0. The summed E-state index contributed by atoms with van der Waals surface area (Å²) in [5.74, 6) is 1.59. The Morgan fingerprint density at radius 3 is 2.35 bits per heavy atom. The lowest BCUT2D eigenvalue weighted by Crippen LogP contribution is -2.16. The van der Waals surface area contributed by atoms with Crippen LogP contribution >= 0.6 is 0 Å². The van der Waals surface area contributed by atoms with E-state index in [0.29, 0.717) is 13.0 Å². The quantitative estimate of drug-likeness (QED) is 0.128. The number of esters is 1. The fraction of sp³-hybridized carbons (Fsp3) is 0.667. The monoisotopic (exact) mass is 432 g/mol. The van der Waals surface area contributed by atoms with Crippen molar-refractivity contribution in [3.8, 4) is 11.5 Å². The van der Waals surface area contributed by atoms with Crippen molar-refractivity contribution in [3.63, 3.8) is 0 Å². The standard InChI is InChI=1S/C27H44O4/c1-4-6-7-14-19-24(31-26-22-18-17-21-25(26)30-5-2)20-15-12-10-8-9-11-13-16-23-27(28)29-3/h12,15,17-18,21-22,24H,4-11,13-14,16,19-20,23H2,1-3H3/b15-12-. The van der Waals surface area contributed by atoms with E-state index in [-0.39, 0.29) is 12.1 Å². The van der Waals surface area contributed by atoms with Crippen LogP contribution in [0.2, 0.25) is 0 Å². The highest BCUT2D eigenvalue weighted by Gasteiger charge is 2.12. The van der Waals surface area contributed by atoms with Crippen molar-refractivity contribution in [2.75, 3.05) is 13.7 Å². The molecular weight excluding hydrogens is 388 g/mol. The van der Waals surface area contributed by atoms with Crippen molar-refractivity contribution in [1.82, 2.24) is 0 Å². The Morgan fingerprint density at radius 1 is 0.903 bits per heavy atom. The Morgan fingerprint density at radius 2 is 1.61 bits per heavy atom. The minimum Gasteiger partial charge on any atom is -0.490 e. The van der Waals surface area contributed by atoms with Gasteiger partial charge in [0.15, 0.2) is 11.5 Å². The second kappa shape index (κ2) is 18.8. The van der Waals surface area contributed by atoms with Crippen LogP contribution in [0.15, 0.2) is 36.4 Å². The number of hydrogen-bond acceptors (Lipinski definition) is 4. The number of carbonyl (C=O) groups is 1. The van der Waals surface area contributed by atoms with Gasteiger partial charge in [0, 0.05) is 12.8 Å². The number of unbranched alkanes of at least 4 members (excludes halogenated alkanes) is 8. The third-order valence-electron chi connectivity index (χ3n) is 5.37. The third-order valence-corrected chi connectivity index (χ3v) is 5.37. The lowest BCUT2D eigenvalue weighted by Gasteiger charge is -2.20. The van der Waals surface area contributed by atoms with Gasteiger partial charge in [-0.1, -0.05) is 69.7 Å². The highest BCUT2D eigenvalue weighted by Crippen LogP contribution is 2.29. The molecule has 0 aliphatic rings. The zero-order valence-electron chi connectivity index (χ0n) is 20.1. The molecule has 0 aliphatic carbocycles. The summed E-state index contributed by atoms with van der Waals surface area (Å²) in [5.41, 5.74) is 0. The molecule has 0 saturated heterocycles. The number of methoxy groups -OCH3 is 1. The fourth-order valence-corrected chi connectivity index (χ4v) is 3.56. The van der Waals surface area contributed by atoms with E-state index in [1.54, 1.807) is 0 Å². The number of para-hydroxylation sites is 2. The maximum absolute atomic E-state index is 11.1. The summed E-state index contributed by atoms with van der Waals surface area (Å²) in [6.45, 7) is 4.89. The summed E-state index contributed by atoms with van der Waals surface area (Å²) < 4.78 is 16.8. The summed E-state index contributed by atoms with van der Waals surface area (Å²) in [6, 6.07) is 7.98. The highest BCUT2D eigenvalue weighted by atomic mass is 16.5. The first-order valence-corrected chi connectivity index (χ1v) is 12.3. The molecule has 0 radical (unpaired) electrons. The van der Waals surface area contributed by atoms with E-state index < -0.39 is 0 Å². The highest BCUT2D eigenvalue weighted by molar-refractivity contribution is 5.68. The molecule has 0 aliphatic heterocycles. The topological polar surface area (TPSA) is 44.8 Å². The second-order valence-corrected chi connectivity index (χ2v) is 8.06. The first kappa shape index (κ1) is 27.1. The Labute approximate surface area is 190 Å². The molecule has 0 amide bonds. The van der Waals surface area contributed by atoms with Crippen molar-refractivity contribution in [3.05, 3.63) is 36.4 Å². The minimum absolute atomic E-state index is 0.0988. The molecule has 1 aromatic rings. The third kappa shape index (κ3) is 13.9. The van der Waals surface area contributed by atoms with E-state index in [4.69, 9.17) is 9.47 Å². The smallest absolute Gasteiger partial charge is 0.305 e. The van der Waals surface area contributed by atoms with Gasteiger partial charge in [0.1, 0.15) is 6.10 Å². The van der Waals surface area contributed by atoms with Crippen molar-refractivity contribution < 1.29 is 19.0 Å². The molecule has 0 heterocycles. The number of carbonyl (C=O) groups excluding carboxylic acids is 1. The van der Waals surface area contributed by atoms with Gasteiger partial charge in [-0.25, -0.2) is 0 Å². The molecule has 0 saturated carbocycles. The van der Waals surface area contributed by atoms with Crippen molar-refractivity contribution in [1.29, 1.82) is 0 Å². The molecule has 4 heteroatoms. The molecule has 176 valence electrons. The molecule has 1 aromatic carbocycles. The summed E-state index contributed by atoms with van der Waals surface area (Å²) >= 11 is 0. The van der Waals surface area contributed by atoms with Gasteiger partial charge in [-0.3, -0.25) is 4.79 Å². The van der Waals surface area contributed by atoms with Crippen LogP contribution in [0.5, 0.6) is 11.5 Å². The second-order valence-electron chi connectivity index (χ2n) is 8.06. The van der Waals surface area contributed by atoms with Crippen LogP contribution in [-0.4, -0.2) is 25.8 Å². The fourth-order valence-electron chi connectivity index (χ4n) is 3.56. The predicted molar refractivity (Wildman–Crippen MR) is 129 cm³/mol. The molecule has 0 aromatic heterocycles. The molecule has 0 spiro atoms. The van der Waals surface area contributed by atoms with Crippen LogP contribution in [0.4, 0.5) is 0 Å². The van der Waals surface area contributed by atoms with Gasteiger partial charge in [0.25, 0.3) is 0 Å². The van der Waals surface area contributed by atoms with E-state index in [1.165, 1.54) is 52.1 Å². The minimum atomic E-state index is -0.0988. The van der Waals surface area contributed by atoms with Gasteiger partial charge in [0.2, 0.25) is 0 Å². The molecule has 1 unspecified atom stereocenters. The zero-order valence-corrected chi connectivity index (χ0v) is 20.1. The molecular formula is C27H44O4.